The molecule has 2 atom stereocenters. The summed E-state index contributed by atoms with van der Waals surface area (Å²) in [6, 6.07) is 0.355. The molecule has 0 fully saturated rings. The lowest BCUT2D eigenvalue weighted by Crippen LogP contribution is -2.33. The Morgan fingerprint density at radius 3 is 2.33 bits per heavy atom. The molecule has 2 unspecified atom stereocenters. The van der Waals surface area contributed by atoms with E-state index >= 15 is 0 Å². The predicted octanol–water partition coefficient (Wildman–Crippen LogP) is 3.61. The second-order valence-electron chi connectivity index (χ2n) is 5.45. The Bertz CT molecular complexity index is 402. The van der Waals surface area contributed by atoms with Crippen molar-refractivity contribution in [2.24, 2.45) is 0 Å². The molecule has 0 aliphatic heterocycles. The monoisotopic (exact) mass is 297 g/mol. The lowest BCUT2D eigenvalue weighted by molar-refractivity contribution is -0.0583. The molecule has 0 bridgehead atoms. The molecule has 0 saturated carbocycles. The molecular formula is C16H31N3O2. The Hall–Kier alpha value is -0.940. The average Bonchev–Trinajstić information content (AvgIpc) is 3.00. The Labute approximate surface area is 128 Å². The largest absolute Gasteiger partial charge is 0.367 e. The molecule has 1 rings (SSSR count). The Morgan fingerprint density at radius 2 is 1.86 bits per heavy atom. The zero-order chi connectivity index (χ0) is 15.9. The van der Waals surface area contributed by atoms with E-state index in [9.17, 15) is 0 Å². The minimum Gasteiger partial charge on any atom is -0.367 e. The highest BCUT2D eigenvalue weighted by Crippen LogP contribution is 2.32. The van der Waals surface area contributed by atoms with Crippen LogP contribution in [0.1, 0.15) is 78.4 Å². The number of hydrogen-bond donors (Lipinski definition) is 1. The van der Waals surface area contributed by atoms with Gasteiger partial charge in [0.05, 0.1) is 5.92 Å². The first kappa shape index (κ1) is 18.1. The van der Waals surface area contributed by atoms with Crippen LogP contribution in [-0.2, 0) is 10.3 Å². The zero-order valence-corrected chi connectivity index (χ0v) is 14.4. The number of hydrogen-bond acceptors (Lipinski definition) is 5. The molecule has 0 aromatic carbocycles. The van der Waals surface area contributed by atoms with E-state index in [4.69, 9.17) is 9.26 Å². The summed E-state index contributed by atoms with van der Waals surface area (Å²) in [5.41, 5.74) is -0.421. The van der Waals surface area contributed by atoms with Gasteiger partial charge in [-0.1, -0.05) is 39.8 Å². The van der Waals surface area contributed by atoms with Crippen LogP contribution in [-0.4, -0.2) is 29.3 Å². The van der Waals surface area contributed by atoms with E-state index in [1.807, 2.05) is 6.92 Å². The van der Waals surface area contributed by atoms with Gasteiger partial charge in [-0.2, -0.15) is 4.98 Å². The van der Waals surface area contributed by atoms with Gasteiger partial charge in [0.25, 0.3) is 0 Å². The second kappa shape index (κ2) is 8.49. The van der Waals surface area contributed by atoms with E-state index in [1.165, 1.54) is 0 Å². The van der Waals surface area contributed by atoms with Crippen LogP contribution in [0.3, 0.4) is 0 Å². The third kappa shape index (κ3) is 4.04. The summed E-state index contributed by atoms with van der Waals surface area (Å²) < 4.78 is 11.5. The van der Waals surface area contributed by atoms with Gasteiger partial charge in [-0.05, 0) is 32.7 Å². The summed E-state index contributed by atoms with van der Waals surface area (Å²) in [5.74, 6) is 1.58. The van der Waals surface area contributed by atoms with Crippen molar-refractivity contribution in [2.45, 2.75) is 78.4 Å². The molecule has 1 heterocycles. The van der Waals surface area contributed by atoms with Crippen molar-refractivity contribution in [3.8, 4) is 0 Å². The number of aromatic nitrogens is 2. The molecule has 5 heteroatoms. The molecule has 122 valence electrons. The number of ether oxygens (including phenoxy) is 1. The zero-order valence-electron chi connectivity index (χ0n) is 14.4. The summed E-state index contributed by atoms with van der Waals surface area (Å²) in [7, 11) is 0. The maximum atomic E-state index is 5.94. The normalized spacial score (nSPS) is 15.1. The average molecular weight is 297 g/mol. The van der Waals surface area contributed by atoms with Gasteiger partial charge in [-0.25, -0.2) is 0 Å². The lowest BCUT2D eigenvalue weighted by atomic mass is 9.95. The van der Waals surface area contributed by atoms with E-state index < -0.39 is 5.60 Å². The van der Waals surface area contributed by atoms with Crippen molar-refractivity contribution in [2.75, 3.05) is 13.2 Å². The summed E-state index contributed by atoms with van der Waals surface area (Å²) in [6.45, 7) is 14.2. The highest BCUT2D eigenvalue weighted by molar-refractivity contribution is 5.04. The molecule has 0 amide bonds. The third-order valence-electron chi connectivity index (χ3n) is 4.31. The van der Waals surface area contributed by atoms with Crippen LogP contribution in [0.15, 0.2) is 4.52 Å². The van der Waals surface area contributed by atoms with E-state index in [1.54, 1.807) is 0 Å². The van der Waals surface area contributed by atoms with Crippen LogP contribution < -0.4 is 5.32 Å². The minimum atomic E-state index is -0.421. The highest BCUT2D eigenvalue weighted by atomic mass is 16.5. The first-order valence-corrected chi connectivity index (χ1v) is 8.29. The number of nitrogens with zero attached hydrogens (tertiary/aromatic N) is 2. The van der Waals surface area contributed by atoms with Crippen LogP contribution in [0, 0.1) is 0 Å². The summed E-state index contributed by atoms with van der Waals surface area (Å²) >= 11 is 0. The maximum absolute atomic E-state index is 5.94. The van der Waals surface area contributed by atoms with Crippen molar-refractivity contribution in [3.63, 3.8) is 0 Å². The molecule has 1 aromatic heterocycles. The van der Waals surface area contributed by atoms with Crippen LogP contribution in [0.5, 0.6) is 0 Å². The molecule has 0 saturated heterocycles. The fraction of sp³-hybridized carbons (Fsp3) is 0.875. The fourth-order valence-electron chi connectivity index (χ4n) is 2.83. The maximum Gasteiger partial charge on any atom is 0.231 e. The number of nitrogens with one attached hydrogen (secondary N) is 1. The Morgan fingerprint density at radius 1 is 1.19 bits per heavy atom. The summed E-state index contributed by atoms with van der Waals surface area (Å²) in [5, 5.41) is 7.68. The third-order valence-corrected chi connectivity index (χ3v) is 4.31. The minimum absolute atomic E-state index is 0.198. The van der Waals surface area contributed by atoms with Crippen molar-refractivity contribution in [1.82, 2.24) is 15.5 Å². The van der Waals surface area contributed by atoms with Gasteiger partial charge >= 0.3 is 0 Å². The standard InChI is InChI=1S/C16H31N3O2/c1-7-13(17-10-4)12(6)14-18-15(19-21-14)16(8-2,9-3)20-11-5/h12-13,17H,7-11H2,1-6H3. The smallest absolute Gasteiger partial charge is 0.231 e. The van der Waals surface area contributed by atoms with Gasteiger partial charge in [0, 0.05) is 12.6 Å². The highest BCUT2D eigenvalue weighted by Gasteiger charge is 2.35. The lowest BCUT2D eigenvalue weighted by Gasteiger charge is -2.27. The molecule has 5 nitrogen and oxygen atoms in total. The summed E-state index contributed by atoms with van der Waals surface area (Å²) in [4.78, 5) is 4.65. The van der Waals surface area contributed by atoms with Gasteiger partial charge in [-0.15, -0.1) is 0 Å². The predicted molar refractivity (Wildman–Crippen MR) is 84.4 cm³/mol. The van der Waals surface area contributed by atoms with Gasteiger partial charge < -0.3 is 14.6 Å². The van der Waals surface area contributed by atoms with E-state index in [2.05, 4.69) is 50.1 Å². The van der Waals surface area contributed by atoms with Crippen molar-refractivity contribution in [3.05, 3.63) is 11.7 Å². The molecule has 21 heavy (non-hydrogen) atoms. The quantitative estimate of drug-likeness (QED) is 0.715. The SMILES string of the molecule is CCNC(CC)C(C)c1nc(C(CC)(CC)OCC)no1. The Kier molecular flexibility index (Phi) is 7.32. The van der Waals surface area contributed by atoms with Crippen LogP contribution >= 0.6 is 0 Å². The van der Waals surface area contributed by atoms with Crippen LogP contribution in [0.2, 0.25) is 0 Å². The molecule has 0 aliphatic carbocycles. The van der Waals surface area contributed by atoms with Crippen LogP contribution in [0.4, 0.5) is 0 Å². The van der Waals surface area contributed by atoms with E-state index in [0.29, 0.717) is 24.4 Å². The molecule has 1 aromatic rings. The molecule has 0 spiro atoms. The van der Waals surface area contributed by atoms with Crippen molar-refractivity contribution >= 4 is 0 Å². The van der Waals surface area contributed by atoms with E-state index in [-0.39, 0.29) is 5.92 Å². The molecule has 0 aliphatic rings. The topological polar surface area (TPSA) is 60.2 Å². The van der Waals surface area contributed by atoms with Crippen molar-refractivity contribution < 1.29 is 9.26 Å². The molecular weight excluding hydrogens is 266 g/mol. The van der Waals surface area contributed by atoms with Gasteiger partial charge in [0.2, 0.25) is 11.7 Å². The van der Waals surface area contributed by atoms with Crippen molar-refractivity contribution in [1.29, 1.82) is 0 Å². The number of likely N-dealkylation sites (N-methyl/N-ethyl adjacent to an activating group) is 1. The van der Waals surface area contributed by atoms with Gasteiger partial charge in [0.15, 0.2) is 0 Å². The molecule has 1 N–H and O–H groups in total. The van der Waals surface area contributed by atoms with Gasteiger partial charge in [0.1, 0.15) is 5.60 Å². The summed E-state index contributed by atoms with van der Waals surface area (Å²) in [6.07, 6.45) is 2.72. The Balaban J connectivity index is 2.97. The van der Waals surface area contributed by atoms with Gasteiger partial charge in [-0.3, -0.25) is 0 Å². The first-order valence-electron chi connectivity index (χ1n) is 8.29. The first-order chi connectivity index (χ1) is 10.1. The van der Waals surface area contributed by atoms with E-state index in [0.717, 1.165) is 25.8 Å². The second-order valence-corrected chi connectivity index (χ2v) is 5.45. The molecule has 0 radical (unpaired) electrons. The van der Waals surface area contributed by atoms with Crippen LogP contribution in [0.25, 0.3) is 0 Å². The number of rotatable bonds is 10. The fourth-order valence-corrected chi connectivity index (χ4v) is 2.83.